The number of amides is 1. The highest BCUT2D eigenvalue weighted by atomic mass is 16.4. The molecule has 1 aliphatic rings. The minimum absolute atomic E-state index is 0.0835. The lowest BCUT2D eigenvalue weighted by Crippen LogP contribution is -2.37. The first-order valence-electron chi connectivity index (χ1n) is 8.64. The van der Waals surface area contributed by atoms with Gasteiger partial charge in [-0.1, -0.05) is 51.9 Å². The lowest BCUT2D eigenvalue weighted by Gasteiger charge is -2.28. The Labute approximate surface area is 128 Å². The number of carbonyl (C=O) groups excluding carboxylic acids is 1. The van der Waals surface area contributed by atoms with Crippen molar-refractivity contribution in [2.45, 2.75) is 77.6 Å². The highest BCUT2D eigenvalue weighted by molar-refractivity contribution is 5.76. The van der Waals surface area contributed by atoms with Gasteiger partial charge in [0, 0.05) is 13.0 Å². The summed E-state index contributed by atoms with van der Waals surface area (Å²) in [5.41, 5.74) is 0. The van der Waals surface area contributed by atoms with Gasteiger partial charge in [-0.3, -0.25) is 9.59 Å². The van der Waals surface area contributed by atoms with Crippen LogP contribution >= 0.6 is 0 Å². The number of hydrogen-bond acceptors (Lipinski definition) is 2. The second-order valence-corrected chi connectivity index (χ2v) is 6.31. The molecule has 0 bridgehead atoms. The molecule has 1 saturated carbocycles. The number of hydrogen-bond donors (Lipinski definition) is 2. The number of unbranched alkanes of at least 4 members (excludes halogenated alkanes) is 5. The molecule has 2 N–H and O–H groups in total. The first-order chi connectivity index (χ1) is 10.1. The third kappa shape index (κ3) is 7.49. The van der Waals surface area contributed by atoms with E-state index < -0.39 is 5.97 Å². The number of carbonyl (C=O) groups is 2. The molecule has 2 unspecified atom stereocenters. The molecular weight excluding hydrogens is 266 g/mol. The predicted octanol–water partition coefficient (Wildman–Crippen LogP) is 3.74. The van der Waals surface area contributed by atoms with Crippen molar-refractivity contribution in [3.63, 3.8) is 0 Å². The van der Waals surface area contributed by atoms with Crippen LogP contribution in [0.2, 0.25) is 0 Å². The number of aliphatic carboxylic acids is 1. The third-order valence-electron chi connectivity index (χ3n) is 4.55. The molecule has 4 heteroatoms. The topological polar surface area (TPSA) is 66.4 Å². The van der Waals surface area contributed by atoms with Crippen molar-refractivity contribution in [3.05, 3.63) is 0 Å². The quantitative estimate of drug-likeness (QED) is 0.604. The Morgan fingerprint density at radius 1 is 1.05 bits per heavy atom. The van der Waals surface area contributed by atoms with Gasteiger partial charge in [0.15, 0.2) is 0 Å². The van der Waals surface area contributed by atoms with Crippen LogP contribution < -0.4 is 5.32 Å². The van der Waals surface area contributed by atoms with Gasteiger partial charge < -0.3 is 10.4 Å². The predicted molar refractivity (Wildman–Crippen MR) is 84.1 cm³/mol. The van der Waals surface area contributed by atoms with Gasteiger partial charge in [-0.05, 0) is 25.2 Å². The van der Waals surface area contributed by atoms with Crippen molar-refractivity contribution in [3.8, 4) is 0 Å². The molecule has 2 atom stereocenters. The summed E-state index contributed by atoms with van der Waals surface area (Å²) in [5.74, 6) is -0.775. The minimum atomic E-state index is -0.704. The van der Waals surface area contributed by atoms with Gasteiger partial charge in [0.2, 0.25) is 5.91 Å². The molecule has 0 aliphatic heterocycles. The maximum absolute atomic E-state index is 11.8. The molecule has 0 saturated heterocycles. The zero-order chi connectivity index (χ0) is 15.5. The highest BCUT2D eigenvalue weighted by Gasteiger charge is 2.30. The molecule has 0 aromatic heterocycles. The van der Waals surface area contributed by atoms with Crippen LogP contribution in [0.15, 0.2) is 0 Å². The molecule has 1 rings (SSSR count). The van der Waals surface area contributed by atoms with Gasteiger partial charge in [0.05, 0.1) is 5.92 Å². The summed E-state index contributed by atoms with van der Waals surface area (Å²) in [6.07, 6.45) is 11.4. The molecule has 4 nitrogen and oxygen atoms in total. The maximum atomic E-state index is 11.8. The number of carboxylic acid groups (broad SMARTS) is 1. The SMILES string of the molecule is CCCCCCCCC(=O)NCC1CCCCC1C(=O)O. The van der Waals surface area contributed by atoms with Gasteiger partial charge in [0.1, 0.15) is 0 Å². The number of nitrogens with one attached hydrogen (secondary N) is 1. The second-order valence-electron chi connectivity index (χ2n) is 6.31. The maximum Gasteiger partial charge on any atom is 0.306 e. The largest absolute Gasteiger partial charge is 0.481 e. The van der Waals surface area contributed by atoms with E-state index in [0.717, 1.165) is 38.5 Å². The monoisotopic (exact) mass is 297 g/mol. The molecule has 1 amide bonds. The molecule has 0 spiro atoms. The molecular formula is C17H31NO3. The van der Waals surface area contributed by atoms with E-state index in [9.17, 15) is 14.7 Å². The summed E-state index contributed by atoms with van der Waals surface area (Å²) in [6, 6.07) is 0. The zero-order valence-electron chi connectivity index (χ0n) is 13.4. The van der Waals surface area contributed by atoms with E-state index in [1.165, 1.54) is 25.7 Å². The Balaban J connectivity index is 2.12. The van der Waals surface area contributed by atoms with Crippen LogP contribution in [0.3, 0.4) is 0 Å². The first-order valence-corrected chi connectivity index (χ1v) is 8.64. The van der Waals surface area contributed by atoms with Gasteiger partial charge in [-0.25, -0.2) is 0 Å². The van der Waals surface area contributed by atoms with E-state index in [-0.39, 0.29) is 17.7 Å². The van der Waals surface area contributed by atoms with Crippen LogP contribution in [0.1, 0.15) is 77.6 Å². The van der Waals surface area contributed by atoms with Crippen LogP contribution in [0.4, 0.5) is 0 Å². The standard InChI is InChI=1S/C17H31NO3/c1-2-3-4-5-6-7-12-16(19)18-13-14-10-8-9-11-15(14)17(20)21/h14-15H,2-13H2,1H3,(H,18,19)(H,20,21). The molecule has 0 heterocycles. The van der Waals surface area contributed by atoms with Gasteiger partial charge >= 0.3 is 5.97 Å². The van der Waals surface area contributed by atoms with Crippen LogP contribution in [-0.2, 0) is 9.59 Å². The Hall–Kier alpha value is -1.06. The van der Waals surface area contributed by atoms with Crippen molar-refractivity contribution in [1.29, 1.82) is 0 Å². The summed E-state index contributed by atoms with van der Waals surface area (Å²) in [4.78, 5) is 23.0. The van der Waals surface area contributed by atoms with E-state index >= 15 is 0 Å². The van der Waals surface area contributed by atoms with Gasteiger partial charge in [-0.2, -0.15) is 0 Å². The zero-order valence-corrected chi connectivity index (χ0v) is 13.4. The molecule has 122 valence electrons. The Kier molecular flexibility index (Phi) is 9.11. The van der Waals surface area contributed by atoms with Gasteiger partial charge in [-0.15, -0.1) is 0 Å². The fraction of sp³-hybridized carbons (Fsp3) is 0.882. The summed E-state index contributed by atoms with van der Waals surface area (Å²) < 4.78 is 0. The van der Waals surface area contributed by atoms with Crippen molar-refractivity contribution in [1.82, 2.24) is 5.32 Å². The third-order valence-corrected chi connectivity index (χ3v) is 4.55. The first kappa shape index (κ1) is 18.0. The number of carboxylic acids is 1. The van der Waals surface area contributed by atoms with Crippen molar-refractivity contribution in [2.24, 2.45) is 11.8 Å². The van der Waals surface area contributed by atoms with Crippen molar-refractivity contribution >= 4 is 11.9 Å². The number of rotatable bonds is 10. The summed E-state index contributed by atoms with van der Waals surface area (Å²) >= 11 is 0. The van der Waals surface area contributed by atoms with Crippen LogP contribution in [0.25, 0.3) is 0 Å². The average molecular weight is 297 g/mol. The van der Waals surface area contributed by atoms with E-state index in [4.69, 9.17) is 0 Å². The van der Waals surface area contributed by atoms with E-state index in [1.807, 2.05) is 0 Å². The van der Waals surface area contributed by atoms with Crippen LogP contribution in [0.5, 0.6) is 0 Å². The Morgan fingerprint density at radius 2 is 1.71 bits per heavy atom. The second kappa shape index (κ2) is 10.6. The molecule has 21 heavy (non-hydrogen) atoms. The van der Waals surface area contributed by atoms with Gasteiger partial charge in [0.25, 0.3) is 0 Å². The van der Waals surface area contributed by atoms with Crippen LogP contribution in [0, 0.1) is 11.8 Å². The fourth-order valence-electron chi connectivity index (χ4n) is 3.18. The average Bonchev–Trinajstić information content (AvgIpc) is 2.49. The fourth-order valence-corrected chi connectivity index (χ4v) is 3.18. The van der Waals surface area contributed by atoms with Crippen molar-refractivity contribution in [2.75, 3.05) is 6.54 Å². The minimum Gasteiger partial charge on any atom is -0.481 e. The molecule has 0 aromatic carbocycles. The lowest BCUT2D eigenvalue weighted by atomic mass is 9.79. The van der Waals surface area contributed by atoms with Crippen LogP contribution in [-0.4, -0.2) is 23.5 Å². The van der Waals surface area contributed by atoms with Crippen molar-refractivity contribution < 1.29 is 14.7 Å². The molecule has 0 aromatic rings. The summed E-state index contributed by atoms with van der Waals surface area (Å²) in [6.45, 7) is 2.73. The summed E-state index contributed by atoms with van der Waals surface area (Å²) in [7, 11) is 0. The summed E-state index contributed by atoms with van der Waals surface area (Å²) in [5, 5.41) is 12.1. The lowest BCUT2D eigenvalue weighted by molar-refractivity contribution is -0.145. The smallest absolute Gasteiger partial charge is 0.306 e. The van der Waals surface area contributed by atoms with E-state index in [2.05, 4.69) is 12.2 Å². The Bertz CT molecular complexity index is 317. The molecule has 1 fully saturated rings. The Morgan fingerprint density at radius 3 is 2.43 bits per heavy atom. The normalized spacial score (nSPS) is 22.0. The van der Waals surface area contributed by atoms with E-state index in [0.29, 0.717) is 13.0 Å². The van der Waals surface area contributed by atoms with E-state index in [1.54, 1.807) is 0 Å². The highest BCUT2D eigenvalue weighted by Crippen LogP contribution is 2.29. The molecule has 0 radical (unpaired) electrons. The molecule has 1 aliphatic carbocycles.